The third kappa shape index (κ3) is 5.35. The molecule has 98 valence electrons. The van der Waals surface area contributed by atoms with Gasteiger partial charge in [-0.15, -0.1) is 0 Å². The van der Waals surface area contributed by atoms with Crippen molar-refractivity contribution in [2.45, 2.75) is 58.5 Å². The molecule has 0 aromatic rings. The van der Waals surface area contributed by atoms with Crippen molar-refractivity contribution in [2.75, 3.05) is 13.1 Å². The molecule has 1 heterocycles. The van der Waals surface area contributed by atoms with E-state index in [1.165, 1.54) is 31.5 Å². The Morgan fingerprint density at radius 3 is 2.82 bits per heavy atom. The van der Waals surface area contributed by atoms with Crippen LogP contribution in [0.4, 0.5) is 0 Å². The molecular formula is C14H27N3. The molecule has 1 aliphatic rings. The summed E-state index contributed by atoms with van der Waals surface area (Å²) in [6, 6.07) is 0. The van der Waals surface area contributed by atoms with Crippen LogP contribution in [0.15, 0.2) is 17.1 Å². The van der Waals surface area contributed by atoms with E-state index < -0.39 is 0 Å². The topological polar surface area (TPSA) is 41.6 Å². The summed E-state index contributed by atoms with van der Waals surface area (Å²) < 4.78 is 0. The molecule has 0 saturated heterocycles. The van der Waals surface area contributed by atoms with E-state index in [2.05, 4.69) is 29.0 Å². The first-order chi connectivity index (χ1) is 8.25. The average Bonchev–Trinajstić information content (AvgIpc) is 2.76. The van der Waals surface area contributed by atoms with Crippen LogP contribution in [0, 0.1) is 0 Å². The van der Waals surface area contributed by atoms with Gasteiger partial charge in [0.25, 0.3) is 0 Å². The number of aliphatic imine (C=N–C) groups is 1. The average molecular weight is 237 g/mol. The lowest BCUT2D eigenvalue weighted by atomic mass is 10.2. The van der Waals surface area contributed by atoms with Gasteiger partial charge in [0.1, 0.15) is 5.84 Å². The maximum atomic E-state index is 5.90. The minimum atomic E-state index is 0.102. The fraction of sp³-hybridized carbons (Fsp3) is 0.786. The minimum absolute atomic E-state index is 0.102. The van der Waals surface area contributed by atoms with Crippen LogP contribution in [-0.4, -0.2) is 30.0 Å². The van der Waals surface area contributed by atoms with E-state index >= 15 is 0 Å². The lowest BCUT2D eigenvalue weighted by Crippen LogP contribution is -2.41. The van der Waals surface area contributed by atoms with Crippen molar-refractivity contribution in [3.05, 3.63) is 12.2 Å². The van der Waals surface area contributed by atoms with Crippen LogP contribution >= 0.6 is 0 Å². The van der Waals surface area contributed by atoms with Crippen molar-refractivity contribution >= 4 is 5.84 Å². The van der Waals surface area contributed by atoms with E-state index in [4.69, 9.17) is 5.73 Å². The molecule has 0 aromatic heterocycles. The first-order valence-corrected chi connectivity index (χ1v) is 6.96. The summed E-state index contributed by atoms with van der Waals surface area (Å²) in [4.78, 5) is 6.73. The van der Waals surface area contributed by atoms with Crippen LogP contribution in [0.5, 0.6) is 0 Å². The Labute approximate surface area is 106 Å². The molecule has 3 heteroatoms. The quantitative estimate of drug-likeness (QED) is 0.521. The summed E-state index contributed by atoms with van der Waals surface area (Å²) in [5, 5.41) is 0. The molecule has 17 heavy (non-hydrogen) atoms. The summed E-state index contributed by atoms with van der Waals surface area (Å²) in [6.45, 7) is 6.18. The highest BCUT2D eigenvalue weighted by Gasteiger charge is 2.18. The number of nitrogens with zero attached hydrogens (tertiary/aromatic N) is 2. The molecular weight excluding hydrogens is 210 g/mol. The van der Waals surface area contributed by atoms with Crippen molar-refractivity contribution < 1.29 is 0 Å². The summed E-state index contributed by atoms with van der Waals surface area (Å²) in [5.41, 5.74) is 5.90. The highest BCUT2D eigenvalue weighted by molar-refractivity contribution is 5.84. The second-order valence-corrected chi connectivity index (χ2v) is 4.74. The van der Waals surface area contributed by atoms with Crippen LogP contribution in [0.1, 0.15) is 52.4 Å². The molecule has 0 aromatic carbocycles. The van der Waals surface area contributed by atoms with Gasteiger partial charge in [-0.1, -0.05) is 31.9 Å². The molecule has 0 aliphatic carbocycles. The smallest absolute Gasteiger partial charge is 0.101 e. The number of allylic oxidation sites excluding steroid dienone is 2. The number of rotatable bonds is 8. The molecule has 3 nitrogen and oxygen atoms in total. The zero-order valence-corrected chi connectivity index (χ0v) is 11.4. The van der Waals surface area contributed by atoms with Crippen molar-refractivity contribution in [3.8, 4) is 0 Å². The number of hydrogen-bond donors (Lipinski definition) is 1. The fourth-order valence-corrected chi connectivity index (χ4v) is 2.13. The molecule has 0 amide bonds. The predicted octanol–water partition coefficient (Wildman–Crippen LogP) is 2.92. The molecule has 1 unspecified atom stereocenters. The summed E-state index contributed by atoms with van der Waals surface area (Å²) in [5.74, 6) is 1.19. The number of unbranched alkanes of at least 4 members (excludes halogenated alkanes) is 3. The monoisotopic (exact) mass is 237 g/mol. The number of amidine groups is 1. The molecule has 1 rings (SSSR count). The van der Waals surface area contributed by atoms with Crippen LogP contribution in [0.2, 0.25) is 0 Å². The van der Waals surface area contributed by atoms with Gasteiger partial charge < -0.3 is 10.6 Å². The van der Waals surface area contributed by atoms with Gasteiger partial charge >= 0.3 is 0 Å². The van der Waals surface area contributed by atoms with Gasteiger partial charge in [0.2, 0.25) is 0 Å². The maximum absolute atomic E-state index is 5.90. The van der Waals surface area contributed by atoms with Crippen molar-refractivity contribution in [1.82, 2.24) is 4.90 Å². The molecule has 0 radical (unpaired) electrons. The Morgan fingerprint density at radius 1 is 1.35 bits per heavy atom. The molecule has 2 N–H and O–H groups in total. The Kier molecular flexibility index (Phi) is 6.94. The Morgan fingerprint density at radius 2 is 2.12 bits per heavy atom. The van der Waals surface area contributed by atoms with Crippen molar-refractivity contribution in [3.63, 3.8) is 0 Å². The molecule has 1 atom stereocenters. The molecule has 1 aliphatic heterocycles. The van der Waals surface area contributed by atoms with Gasteiger partial charge in [-0.05, 0) is 26.2 Å². The number of hydrogen-bond acceptors (Lipinski definition) is 3. The minimum Gasteiger partial charge on any atom is -0.343 e. The Balaban J connectivity index is 2.13. The van der Waals surface area contributed by atoms with E-state index in [1.54, 1.807) is 0 Å². The SMILES string of the molecule is CCCCC/C=C/CCC1=NCCN1C(C)N. The third-order valence-corrected chi connectivity index (χ3v) is 3.13. The Bertz CT molecular complexity index is 256. The van der Waals surface area contributed by atoms with Gasteiger partial charge in [-0.3, -0.25) is 4.99 Å². The van der Waals surface area contributed by atoms with E-state index in [1.807, 2.05) is 6.92 Å². The van der Waals surface area contributed by atoms with E-state index in [0.717, 1.165) is 25.9 Å². The second kappa shape index (κ2) is 8.29. The summed E-state index contributed by atoms with van der Waals surface area (Å²) >= 11 is 0. The second-order valence-electron chi connectivity index (χ2n) is 4.74. The van der Waals surface area contributed by atoms with Gasteiger partial charge in [0.05, 0.1) is 12.7 Å². The predicted molar refractivity (Wildman–Crippen MR) is 75.2 cm³/mol. The van der Waals surface area contributed by atoms with Gasteiger partial charge in [0, 0.05) is 13.0 Å². The van der Waals surface area contributed by atoms with E-state index in [0.29, 0.717) is 0 Å². The van der Waals surface area contributed by atoms with Crippen LogP contribution in [0.3, 0.4) is 0 Å². The van der Waals surface area contributed by atoms with Crippen LogP contribution in [-0.2, 0) is 0 Å². The van der Waals surface area contributed by atoms with E-state index in [9.17, 15) is 0 Å². The highest BCUT2D eigenvalue weighted by Crippen LogP contribution is 2.09. The summed E-state index contributed by atoms with van der Waals surface area (Å²) in [7, 11) is 0. The highest BCUT2D eigenvalue weighted by atomic mass is 15.3. The molecule has 0 bridgehead atoms. The van der Waals surface area contributed by atoms with Crippen molar-refractivity contribution in [2.24, 2.45) is 10.7 Å². The van der Waals surface area contributed by atoms with Gasteiger partial charge in [-0.25, -0.2) is 0 Å². The van der Waals surface area contributed by atoms with E-state index in [-0.39, 0.29) is 6.17 Å². The molecule has 0 fully saturated rings. The zero-order valence-electron chi connectivity index (χ0n) is 11.4. The van der Waals surface area contributed by atoms with Crippen LogP contribution < -0.4 is 5.73 Å². The van der Waals surface area contributed by atoms with Crippen molar-refractivity contribution in [1.29, 1.82) is 0 Å². The third-order valence-electron chi connectivity index (χ3n) is 3.13. The van der Waals surface area contributed by atoms with Crippen LogP contribution in [0.25, 0.3) is 0 Å². The summed E-state index contributed by atoms with van der Waals surface area (Å²) in [6.07, 6.45) is 12.0. The first kappa shape index (κ1) is 14.2. The zero-order chi connectivity index (χ0) is 12.5. The largest absolute Gasteiger partial charge is 0.343 e. The normalized spacial score (nSPS) is 17.8. The molecule has 0 spiro atoms. The lowest BCUT2D eigenvalue weighted by Gasteiger charge is -2.24. The van der Waals surface area contributed by atoms with Gasteiger partial charge in [0.15, 0.2) is 0 Å². The molecule has 0 saturated carbocycles. The first-order valence-electron chi connectivity index (χ1n) is 6.96. The lowest BCUT2D eigenvalue weighted by molar-refractivity contribution is 0.360. The van der Waals surface area contributed by atoms with Gasteiger partial charge in [-0.2, -0.15) is 0 Å². The standard InChI is InChI=1S/C14H27N3/c1-3-4-5-6-7-8-9-10-14-16-11-12-17(14)13(2)15/h7-8,13H,3-6,9-12,15H2,1-2H3/b8-7+. The number of nitrogens with two attached hydrogens (primary N) is 1. The fourth-order valence-electron chi connectivity index (χ4n) is 2.13. The Hall–Kier alpha value is -0.830. The maximum Gasteiger partial charge on any atom is 0.101 e.